The fourth-order valence-electron chi connectivity index (χ4n) is 6.13. The lowest BCUT2D eigenvalue weighted by Crippen LogP contribution is -2.23. The van der Waals surface area contributed by atoms with E-state index in [1.807, 2.05) is 27.8 Å². The van der Waals surface area contributed by atoms with Crippen LogP contribution in [0, 0.1) is 5.92 Å². The van der Waals surface area contributed by atoms with Gasteiger partial charge in [0, 0.05) is 36.6 Å². The van der Waals surface area contributed by atoms with Gasteiger partial charge in [0.1, 0.15) is 0 Å². The number of rotatable bonds is 40. The second-order valence-corrected chi connectivity index (χ2v) is 17.2. The van der Waals surface area contributed by atoms with Crippen molar-refractivity contribution >= 4 is 21.6 Å². The lowest BCUT2D eigenvalue weighted by Gasteiger charge is -2.18. The second-order valence-electron chi connectivity index (χ2n) is 14.7. The topological polar surface area (TPSA) is 47.1 Å². The molecule has 1 heterocycles. The normalized spacial score (nSPS) is 13.4. The van der Waals surface area contributed by atoms with Crippen molar-refractivity contribution in [3.8, 4) is 0 Å². The summed E-state index contributed by atoms with van der Waals surface area (Å²) in [6.45, 7) is 9.40. The number of aromatic amines is 1. The van der Waals surface area contributed by atoms with Gasteiger partial charge in [-0.3, -0.25) is 0 Å². The maximum absolute atomic E-state index is 6.34. The highest BCUT2D eigenvalue weighted by Gasteiger charge is 2.11. The molecular weight excluding hydrogens is 665 g/mol. The molecule has 0 fully saturated rings. The van der Waals surface area contributed by atoms with Crippen molar-refractivity contribution in [3.05, 3.63) is 54.7 Å². The van der Waals surface area contributed by atoms with Crippen LogP contribution in [0.3, 0.4) is 0 Å². The molecule has 296 valence electrons. The maximum atomic E-state index is 6.34. The Balaban J connectivity index is 2.05. The third-order valence-electron chi connectivity index (χ3n) is 9.52. The Morgan fingerprint density at radius 1 is 0.647 bits per heavy atom. The Bertz CT molecular complexity index is 889. The maximum Gasteiger partial charge on any atom is 0.0921 e. The first-order chi connectivity index (χ1) is 25.3. The van der Waals surface area contributed by atoms with Crippen LogP contribution < -0.4 is 0 Å². The molecule has 1 aromatic rings. The molecule has 1 aromatic heterocycles. The highest BCUT2D eigenvalue weighted by Crippen LogP contribution is 2.26. The van der Waals surface area contributed by atoms with Crippen LogP contribution in [0.2, 0.25) is 0 Å². The zero-order valence-electron chi connectivity index (χ0n) is 33.8. The van der Waals surface area contributed by atoms with Crippen molar-refractivity contribution in [1.29, 1.82) is 0 Å². The summed E-state index contributed by atoms with van der Waals surface area (Å²) < 4.78 is 12.5. The Labute approximate surface area is 325 Å². The molecule has 1 rings (SSSR count). The summed E-state index contributed by atoms with van der Waals surface area (Å²) in [4.78, 5) is 7.32. The van der Waals surface area contributed by atoms with Gasteiger partial charge in [-0.25, -0.2) is 4.98 Å². The van der Waals surface area contributed by atoms with Crippen LogP contribution in [0.15, 0.2) is 49.0 Å². The average Bonchev–Trinajstić information content (AvgIpc) is 3.66. The molecule has 51 heavy (non-hydrogen) atoms. The van der Waals surface area contributed by atoms with E-state index < -0.39 is 0 Å². The second kappa shape index (κ2) is 40.2. The molecule has 0 aliphatic carbocycles. The first-order valence-corrected chi connectivity index (χ1v) is 24.1. The molecule has 0 spiro atoms. The Kier molecular flexibility index (Phi) is 37.9. The Morgan fingerprint density at radius 2 is 1.22 bits per heavy atom. The number of nitrogens with one attached hydrogen (secondary N) is 1. The van der Waals surface area contributed by atoms with Crippen molar-refractivity contribution in [2.24, 2.45) is 5.92 Å². The molecular formula is C45H82N2O2S2. The molecule has 1 unspecified atom stereocenters. The van der Waals surface area contributed by atoms with Crippen LogP contribution in [0.4, 0.5) is 0 Å². The lowest BCUT2D eigenvalue weighted by molar-refractivity contribution is -0.00609. The zero-order valence-corrected chi connectivity index (χ0v) is 35.4. The van der Waals surface area contributed by atoms with E-state index in [0.29, 0.717) is 6.61 Å². The predicted octanol–water partition coefficient (Wildman–Crippen LogP) is 15.2. The molecule has 0 amide bonds. The van der Waals surface area contributed by atoms with Gasteiger partial charge in [0.25, 0.3) is 0 Å². The van der Waals surface area contributed by atoms with E-state index in [1.165, 1.54) is 153 Å². The van der Waals surface area contributed by atoms with Crippen molar-refractivity contribution in [1.82, 2.24) is 9.97 Å². The first kappa shape index (κ1) is 48.1. The van der Waals surface area contributed by atoms with Gasteiger partial charge in [-0.15, -0.1) is 0 Å². The summed E-state index contributed by atoms with van der Waals surface area (Å²) in [6, 6.07) is 0. The number of ether oxygens (including phenoxy) is 2. The van der Waals surface area contributed by atoms with E-state index in [0.717, 1.165) is 49.9 Å². The van der Waals surface area contributed by atoms with Crippen LogP contribution in [-0.4, -0.2) is 41.6 Å². The van der Waals surface area contributed by atoms with E-state index in [9.17, 15) is 0 Å². The summed E-state index contributed by atoms with van der Waals surface area (Å²) in [5.74, 6) is 2.75. The predicted molar refractivity (Wildman–Crippen MR) is 231 cm³/mol. The van der Waals surface area contributed by atoms with Crippen LogP contribution >= 0.6 is 21.6 Å². The number of unbranched alkanes of at least 4 members (excludes halogenated alkanes) is 19. The molecule has 2 atom stereocenters. The Morgan fingerprint density at radius 3 is 1.88 bits per heavy atom. The minimum atomic E-state index is 0.170. The monoisotopic (exact) mass is 747 g/mol. The lowest BCUT2D eigenvalue weighted by atomic mass is 9.98. The highest BCUT2D eigenvalue weighted by atomic mass is 33.1. The summed E-state index contributed by atoms with van der Waals surface area (Å²) in [7, 11) is 3.76. The van der Waals surface area contributed by atoms with Gasteiger partial charge < -0.3 is 14.5 Å². The number of allylic oxidation sites excluding steroid dienone is 6. The molecule has 0 radical (unpaired) electrons. The van der Waals surface area contributed by atoms with E-state index in [-0.39, 0.29) is 6.10 Å². The van der Waals surface area contributed by atoms with Gasteiger partial charge in [0.15, 0.2) is 0 Å². The average molecular weight is 747 g/mol. The smallest absolute Gasteiger partial charge is 0.0921 e. The van der Waals surface area contributed by atoms with Crippen molar-refractivity contribution < 1.29 is 9.47 Å². The number of hydrogen-bond donors (Lipinski definition) is 1. The van der Waals surface area contributed by atoms with E-state index >= 15 is 0 Å². The van der Waals surface area contributed by atoms with Crippen molar-refractivity contribution in [2.45, 2.75) is 200 Å². The van der Waals surface area contributed by atoms with Gasteiger partial charge >= 0.3 is 0 Å². The van der Waals surface area contributed by atoms with Crippen molar-refractivity contribution in [2.75, 3.05) is 25.6 Å². The standard InChI is InChI=1S/C45H82N2O2S2/c1-4-6-8-10-11-12-13-14-15-16-17-18-22-25-29-33-37-49-45(41-51-50-40-44-38-46-42-47-44)39-48-36-32-28-24-21-19-20-23-27-31-35-43(3)34-30-26-9-7-5-2/h11-12,14-15,27,31,38,42-43,45H,4-10,13,16-26,28-30,32-37,39-41H2,1-3H3,(H,46,47)/b12-11-,15-14-,31-27-/t43-,45?/m0/s1. The van der Waals surface area contributed by atoms with E-state index in [1.54, 1.807) is 6.33 Å². The quantitative estimate of drug-likeness (QED) is 0.0412. The summed E-state index contributed by atoms with van der Waals surface area (Å²) in [5, 5.41) is 0. The third-order valence-corrected chi connectivity index (χ3v) is 11.9. The van der Waals surface area contributed by atoms with Crippen LogP contribution in [0.1, 0.15) is 193 Å². The SMILES string of the molecule is CCCCC/C=C\C/C=C\CCCCCCCCOC(COCCCCCCCC/C=C\C[C@@H](C)CCCCCCC)CSSCc1cnc[nH]1. The van der Waals surface area contributed by atoms with Crippen molar-refractivity contribution in [3.63, 3.8) is 0 Å². The largest absolute Gasteiger partial charge is 0.379 e. The summed E-state index contributed by atoms with van der Waals surface area (Å²) in [6.07, 6.45) is 52.1. The number of nitrogens with zero attached hydrogens (tertiary/aromatic N) is 1. The molecule has 0 aliphatic rings. The molecule has 4 nitrogen and oxygen atoms in total. The zero-order chi connectivity index (χ0) is 36.6. The molecule has 0 aliphatic heterocycles. The fraction of sp³-hybridized carbons (Fsp3) is 0.800. The van der Waals surface area contributed by atoms with Gasteiger partial charge in [-0.2, -0.15) is 0 Å². The van der Waals surface area contributed by atoms with E-state index in [4.69, 9.17) is 9.47 Å². The molecule has 0 bridgehead atoms. The number of imidazole rings is 1. The molecule has 0 saturated heterocycles. The molecule has 0 aromatic carbocycles. The highest BCUT2D eigenvalue weighted by molar-refractivity contribution is 8.76. The number of aromatic nitrogens is 2. The molecule has 1 N–H and O–H groups in total. The number of H-pyrrole nitrogens is 1. The Hall–Kier alpha value is -0.950. The number of hydrogen-bond acceptors (Lipinski definition) is 5. The third kappa shape index (κ3) is 35.8. The molecule has 0 saturated carbocycles. The minimum absolute atomic E-state index is 0.170. The fourth-order valence-corrected chi connectivity index (χ4v) is 8.31. The van der Waals surface area contributed by atoms with Gasteiger partial charge in [-0.05, 0) is 70.1 Å². The first-order valence-electron chi connectivity index (χ1n) is 21.6. The molecule has 6 heteroatoms. The van der Waals surface area contributed by atoms with Crippen LogP contribution in [0.5, 0.6) is 0 Å². The van der Waals surface area contributed by atoms with Crippen LogP contribution in [0.25, 0.3) is 0 Å². The minimum Gasteiger partial charge on any atom is -0.379 e. The van der Waals surface area contributed by atoms with Gasteiger partial charge in [0.2, 0.25) is 0 Å². The summed E-state index contributed by atoms with van der Waals surface area (Å²) in [5.41, 5.74) is 1.17. The van der Waals surface area contributed by atoms with Gasteiger partial charge in [-0.1, -0.05) is 182 Å². The van der Waals surface area contributed by atoms with Gasteiger partial charge in [0.05, 0.1) is 19.0 Å². The summed E-state index contributed by atoms with van der Waals surface area (Å²) >= 11 is 0. The van der Waals surface area contributed by atoms with E-state index in [2.05, 4.69) is 67.2 Å². The van der Waals surface area contributed by atoms with Crippen LogP contribution in [-0.2, 0) is 15.2 Å².